The van der Waals surface area contributed by atoms with Gasteiger partial charge < -0.3 is 10.1 Å². The lowest BCUT2D eigenvalue weighted by molar-refractivity contribution is -0.115. The molecule has 102 valence electrons. The lowest BCUT2D eigenvalue weighted by Crippen LogP contribution is -2.29. The van der Waals surface area contributed by atoms with Gasteiger partial charge in [-0.05, 0) is 24.6 Å². The van der Waals surface area contributed by atoms with Crippen LogP contribution in [0.2, 0.25) is 0 Å². The Morgan fingerprint density at radius 3 is 2.60 bits per heavy atom. The number of nitrogens with one attached hydrogen (secondary N) is 1. The Labute approximate surface area is 115 Å². The Bertz CT molecular complexity index is 701. The SMILES string of the molecule is COc1ccc(-c2c(C)nn3c2NC(=O)CC3=O)cc1. The van der Waals surface area contributed by atoms with Crippen molar-refractivity contribution >= 4 is 17.6 Å². The Hall–Kier alpha value is -2.63. The topological polar surface area (TPSA) is 73.2 Å². The normalized spacial score (nSPS) is 13.9. The summed E-state index contributed by atoms with van der Waals surface area (Å²) in [4.78, 5) is 23.3. The van der Waals surface area contributed by atoms with Gasteiger partial charge in [-0.2, -0.15) is 9.78 Å². The highest BCUT2D eigenvalue weighted by molar-refractivity contribution is 6.11. The number of hydrogen-bond acceptors (Lipinski definition) is 4. The summed E-state index contributed by atoms with van der Waals surface area (Å²) in [5, 5.41) is 6.92. The number of carbonyl (C=O) groups excluding carboxylic acids is 2. The van der Waals surface area contributed by atoms with Crippen LogP contribution in [-0.4, -0.2) is 28.7 Å². The largest absolute Gasteiger partial charge is 0.497 e. The van der Waals surface area contributed by atoms with E-state index in [1.54, 1.807) is 7.11 Å². The van der Waals surface area contributed by atoms with Crippen molar-refractivity contribution in [2.45, 2.75) is 13.3 Å². The molecule has 0 atom stereocenters. The van der Waals surface area contributed by atoms with Crippen molar-refractivity contribution in [3.05, 3.63) is 30.0 Å². The van der Waals surface area contributed by atoms with E-state index in [0.717, 1.165) is 16.9 Å². The van der Waals surface area contributed by atoms with Crippen LogP contribution in [0.15, 0.2) is 24.3 Å². The second-order valence-electron chi connectivity index (χ2n) is 4.57. The number of fused-ring (bicyclic) bond motifs is 1. The molecule has 1 aromatic heterocycles. The molecule has 1 aliphatic heterocycles. The second kappa shape index (κ2) is 4.48. The van der Waals surface area contributed by atoms with E-state index in [4.69, 9.17) is 4.74 Å². The molecule has 2 heterocycles. The van der Waals surface area contributed by atoms with Crippen molar-refractivity contribution in [1.29, 1.82) is 0 Å². The third kappa shape index (κ3) is 1.85. The van der Waals surface area contributed by atoms with Crippen LogP contribution >= 0.6 is 0 Å². The van der Waals surface area contributed by atoms with Crippen molar-refractivity contribution in [3.8, 4) is 16.9 Å². The Morgan fingerprint density at radius 2 is 1.95 bits per heavy atom. The highest BCUT2D eigenvalue weighted by atomic mass is 16.5. The summed E-state index contributed by atoms with van der Waals surface area (Å²) >= 11 is 0. The fourth-order valence-corrected chi connectivity index (χ4v) is 2.31. The van der Waals surface area contributed by atoms with Gasteiger partial charge in [0.1, 0.15) is 18.0 Å². The number of methoxy groups -OCH3 is 1. The summed E-state index contributed by atoms with van der Waals surface area (Å²) in [6, 6.07) is 7.39. The molecular formula is C14H13N3O3. The highest BCUT2D eigenvalue weighted by Crippen LogP contribution is 2.34. The van der Waals surface area contributed by atoms with Crippen LogP contribution in [0.4, 0.5) is 5.82 Å². The summed E-state index contributed by atoms with van der Waals surface area (Å²) in [5.41, 5.74) is 2.33. The molecule has 0 saturated heterocycles. The number of benzene rings is 1. The zero-order valence-electron chi connectivity index (χ0n) is 11.1. The summed E-state index contributed by atoms with van der Waals surface area (Å²) in [7, 11) is 1.60. The molecule has 0 fully saturated rings. The molecule has 2 aromatic rings. The quantitative estimate of drug-likeness (QED) is 0.846. The van der Waals surface area contributed by atoms with Gasteiger partial charge in [-0.1, -0.05) is 12.1 Å². The number of anilines is 1. The van der Waals surface area contributed by atoms with E-state index in [9.17, 15) is 9.59 Å². The molecule has 0 unspecified atom stereocenters. The molecule has 0 spiro atoms. The van der Waals surface area contributed by atoms with Crippen molar-refractivity contribution in [1.82, 2.24) is 9.78 Å². The predicted molar refractivity (Wildman–Crippen MR) is 72.8 cm³/mol. The first-order chi connectivity index (χ1) is 9.60. The van der Waals surface area contributed by atoms with E-state index in [2.05, 4.69) is 10.4 Å². The van der Waals surface area contributed by atoms with Gasteiger partial charge in [-0.3, -0.25) is 9.59 Å². The third-order valence-electron chi connectivity index (χ3n) is 3.24. The van der Waals surface area contributed by atoms with E-state index in [-0.39, 0.29) is 18.2 Å². The average molecular weight is 271 g/mol. The molecule has 1 N–H and O–H groups in total. The molecule has 1 aliphatic rings. The van der Waals surface area contributed by atoms with Crippen LogP contribution in [0.5, 0.6) is 5.75 Å². The molecule has 1 amide bonds. The maximum atomic E-state index is 11.8. The molecule has 0 saturated carbocycles. The zero-order valence-corrected chi connectivity index (χ0v) is 11.1. The van der Waals surface area contributed by atoms with Gasteiger partial charge in [0.25, 0.3) is 5.91 Å². The standard InChI is InChI=1S/C14H13N3O3/c1-8-13(9-3-5-10(20-2)6-4-9)14-15-11(18)7-12(19)17(14)16-8/h3-6H,7H2,1-2H3,(H,15,18). The third-order valence-corrected chi connectivity index (χ3v) is 3.24. The molecule has 1 aromatic carbocycles. The summed E-state index contributed by atoms with van der Waals surface area (Å²) in [5.74, 6) is 0.560. The van der Waals surface area contributed by atoms with Gasteiger partial charge in [0.2, 0.25) is 5.91 Å². The number of nitrogens with zero attached hydrogens (tertiary/aromatic N) is 2. The molecular weight excluding hydrogens is 258 g/mol. The van der Waals surface area contributed by atoms with Gasteiger partial charge in [0.05, 0.1) is 12.8 Å². The maximum absolute atomic E-state index is 11.8. The van der Waals surface area contributed by atoms with Crippen LogP contribution < -0.4 is 10.1 Å². The fraction of sp³-hybridized carbons (Fsp3) is 0.214. The zero-order chi connectivity index (χ0) is 14.3. The van der Waals surface area contributed by atoms with Gasteiger partial charge >= 0.3 is 0 Å². The van der Waals surface area contributed by atoms with Crippen LogP contribution in [0.3, 0.4) is 0 Å². The van der Waals surface area contributed by atoms with Gasteiger partial charge in [0.15, 0.2) is 0 Å². The first kappa shape index (κ1) is 12.4. The lowest BCUT2D eigenvalue weighted by atomic mass is 10.1. The van der Waals surface area contributed by atoms with E-state index in [0.29, 0.717) is 11.5 Å². The van der Waals surface area contributed by atoms with Crippen LogP contribution in [0, 0.1) is 6.92 Å². The van der Waals surface area contributed by atoms with Crippen LogP contribution in [-0.2, 0) is 4.79 Å². The minimum atomic E-state index is -0.313. The van der Waals surface area contributed by atoms with Crippen LogP contribution in [0.25, 0.3) is 11.1 Å². The van der Waals surface area contributed by atoms with Crippen molar-refractivity contribution in [2.24, 2.45) is 0 Å². The molecule has 0 radical (unpaired) electrons. The van der Waals surface area contributed by atoms with Crippen molar-refractivity contribution < 1.29 is 14.3 Å². The lowest BCUT2D eigenvalue weighted by Gasteiger charge is -2.14. The first-order valence-electron chi connectivity index (χ1n) is 6.17. The Kier molecular flexibility index (Phi) is 2.78. The van der Waals surface area contributed by atoms with Gasteiger partial charge in [-0.25, -0.2) is 0 Å². The monoisotopic (exact) mass is 271 g/mol. The number of aromatic nitrogens is 2. The number of ether oxygens (including phenoxy) is 1. The van der Waals surface area contributed by atoms with Gasteiger partial charge in [0, 0.05) is 5.56 Å². The minimum Gasteiger partial charge on any atom is -0.497 e. The summed E-state index contributed by atoms with van der Waals surface area (Å²) in [6.07, 6.45) is -0.170. The smallest absolute Gasteiger partial charge is 0.258 e. The van der Waals surface area contributed by atoms with E-state index in [1.165, 1.54) is 4.68 Å². The Balaban J connectivity index is 2.14. The molecule has 0 aliphatic carbocycles. The van der Waals surface area contributed by atoms with Gasteiger partial charge in [-0.15, -0.1) is 0 Å². The van der Waals surface area contributed by atoms with Crippen molar-refractivity contribution in [2.75, 3.05) is 12.4 Å². The minimum absolute atomic E-state index is 0.170. The van der Waals surface area contributed by atoms with E-state index >= 15 is 0 Å². The molecule has 6 heteroatoms. The maximum Gasteiger partial charge on any atom is 0.258 e. The average Bonchev–Trinajstić information content (AvgIpc) is 2.76. The number of rotatable bonds is 2. The molecule has 6 nitrogen and oxygen atoms in total. The molecule has 0 bridgehead atoms. The summed E-state index contributed by atoms with van der Waals surface area (Å²) in [6.45, 7) is 1.81. The van der Waals surface area contributed by atoms with Crippen LogP contribution in [0.1, 0.15) is 16.9 Å². The number of carbonyl (C=O) groups is 2. The van der Waals surface area contributed by atoms with E-state index < -0.39 is 0 Å². The number of hydrogen-bond donors (Lipinski definition) is 1. The molecule has 3 rings (SSSR count). The molecule has 20 heavy (non-hydrogen) atoms. The first-order valence-corrected chi connectivity index (χ1v) is 6.17. The Morgan fingerprint density at radius 1 is 1.25 bits per heavy atom. The van der Waals surface area contributed by atoms with Crippen molar-refractivity contribution in [3.63, 3.8) is 0 Å². The number of aryl methyl sites for hydroxylation is 1. The highest BCUT2D eigenvalue weighted by Gasteiger charge is 2.28. The second-order valence-corrected chi connectivity index (χ2v) is 4.57. The van der Waals surface area contributed by atoms with E-state index in [1.807, 2.05) is 31.2 Å². The number of amides is 1. The fourth-order valence-electron chi connectivity index (χ4n) is 2.31. The summed E-state index contributed by atoms with van der Waals surface area (Å²) < 4.78 is 6.38. The predicted octanol–water partition coefficient (Wildman–Crippen LogP) is 1.85.